The van der Waals surface area contributed by atoms with Gasteiger partial charge in [0.2, 0.25) is 0 Å². The van der Waals surface area contributed by atoms with E-state index in [0.29, 0.717) is 6.54 Å². The second kappa shape index (κ2) is 20.4. The molecule has 4 atom stereocenters. The van der Waals surface area contributed by atoms with Gasteiger partial charge in [0.1, 0.15) is 11.0 Å². The molecule has 0 saturated heterocycles. The summed E-state index contributed by atoms with van der Waals surface area (Å²) in [6, 6.07) is 0. The van der Waals surface area contributed by atoms with Crippen molar-refractivity contribution in [3.05, 3.63) is 0 Å². The van der Waals surface area contributed by atoms with E-state index in [-0.39, 0.29) is 0 Å². The smallest absolute Gasteiger partial charge is 0.112 e. The van der Waals surface area contributed by atoms with E-state index in [2.05, 4.69) is 6.92 Å². The molecule has 0 aliphatic carbocycles. The summed E-state index contributed by atoms with van der Waals surface area (Å²) in [5.41, 5.74) is -1.13. The molecule has 2 N–H and O–H groups in total. The van der Waals surface area contributed by atoms with Crippen molar-refractivity contribution in [2.24, 2.45) is 0 Å². The minimum absolute atomic E-state index is 0.566. The van der Waals surface area contributed by atoms with E-state index in [0.717, 1.165) is 12.8 Å². The number of hydrogen-bond acceptors (Lipinski definition) is 3. The molecule has 0 rings (SSSR count). The minimum atomic E-state index is -0.683. The van der Waals surface area contributed by atoms with Gasteiger partial charge >= 0.3 is 0 Å². The molecule has 0 spiro atoms. The molecule has 176 valence electrons. The second-order valence-corrected chi connectivity index (χ2v) is 9.66. The molecule has 5 heteroatoms. The molecular weight excluding hydrogens is 405 g/mol. The lowest BCUT2D eigenvalue weighted by molar-refractivity contribution is 0.0490. The monoisotopic (exact) mass is 453 g/mol. The molecule has 0 amide bonds. The molecule has 0 aromatic rings. The van der Waals surface area contributed by atoms with E-state index in [1.807, 2.05) is 4.90 Å². The fourth-order valence-corrected chi connectivity index (χ4v) is 4.28. The summed E-state index contributed by atoms with van der Waals surface area (Å²) >= 11 is 12.5. The molecule has 0 bridgehead atoms. The highest BCUT2D eigenvalue weighted by atomic mass is 35.5. The fraction of sp³-hybridized carbons (Fsp3) is 1.00. The largest absolute Gasteiger partial charge is 0.390 e. The summed E-state index contributed by atoms with van der Waals surface area (Å²) in [4.78, 5) is 1.81. The normalized spacial score (nSPS) is 16.1. The standard InChI is InChI=1S/C24H49Cl2NO2/c1-4-5-6-7-8-9-10-11-12-13-14-15-16-17-18-19-20-27(23(25)21(2)28)24(26)22(3)29/h21-24,28-29H,4-20H2,1-3H3. The van der Waals surface area contributed by atoms with E-state index in [1.165, 1.54) is 89.9 Å². The molecule has 29 heavy (non-hydrogen) atoms. The Kier molecular flexibility index (Phi) is 20.7. The van der Waals surface area contributed by atoms with Crippen LogP contribution in [0.3, 0.4) is 0 Å². The van der Waals surface area contributed by atoms with E-state index < -0.39 is 23.2 Å². The van der Waals surface area contributed by atoms with Crippen LogP contribution in [0.2, 0.25) is 0 Å². The Hall–Kier alpha value is 0.460. The summed E-state index contributed by atoms with van der Waals surface area (Å²) in [6.07, 6.45) is 20.1. The van der Waals surface area contributed by atoms with Gasteiger partial charge in [-0.15, -0.1) is 23.2 Å². The van der Waals surface area contributed by atoms with Crippen LogP contribution in [-0.2, 0) is 0 Å². The van der Waals surface area contributed by atoms with Gasteiger partial charge in [-0.2, -0.15) is 0 Å². The van der Waals surface area contributed by atoms with Crippen molar-refractivity contribution < 1.29 is 10.2 Å². The second-order valence-electron chi connectivity index (χ2n) is 8.77. The first-order valence-corrected chi connectivity index (χ1v) is 13.2. The van der Waals surface area contributed by atoms with Gasteiger partial charge in [-0.1, -0.05) is 103 Å². The number of alkyl halides is 2. The Morgan fingerprint density at radius 1 is 0.552 bits per heavy atom. The Morgan fingerprint density at radius 3 is 1.10 bits per heavy atom. The molecule has 0 aromatic heterocycles. The third-order valence-electron chi connectivity index (χ3n) is 5.70. The zero-order valence-corrected chi connectivity index (χ0v) is 20.9. The predicted molar refractivity (Wildman–Crippen MR) is 129 cm³/mol. The number of nitrogens with zero attached hydrogens (tertiary/aromatic N) is 1. The topological polar surface area (TPSA) is 43.7 Å². The zero-order chi connectivity index (χ0) is 21.9. The first kappa shape index (κ1) is 29.5. The predicted octanol–water partition coefficient (Wildman–Crippen LogP) is 7.44. The lowest BCUT2D eigenvalue weighted by Gasteiger charge is -2.34. The van der Waals surface area contributed by atoms with Crippen molar-refractivity contribution in [1.82, 2.24) is 4.90 Å². The van der Waals surface area contributed by atoms with Crippen molar-refractivity contribution in [2.45, 2.75) is 147 Å². The molecule has 0 saturated carbocycles. The first-order chi connectivity index (χ1) is 13.9. The number of hydrogen-bond donors (Lipinski definition) is 2. The fourth-order valence-electron chi connectivity index (χ4n) is 3.78. The maximum absolute atomic E-state index is 9.74. The molecule has 0 aliphatic heterocycles. The molecule has 3 nitrogen and oxygen atoms in total. The average molecular weight is 455 g/mol. The maximum atomic E-state index is 9.74. The summed E-state index contributed by atoms with van der Waals surface area (Å²) < 4.78 is 0. The Labute approximate surface area is 191 Å². The summed E-state index contributed by atoms with van der Waals surface area (Å²) in [5.74, 6) is 0. The van der Waals surface area contributed by atoms with E-state index in [9.17, 15) is 10.2 Å². The molecule has 0 aromatic carbocycles. The van der Waals surface area contributed by atoms with Crippen molar-refractivity contribution in [3.8, 4) is 0 Å². The molecule has 0 heterocycles. The van der Waals surface area contributed by atoms with Crippen LogP contribution in [0, 0.1) is 0 Å². The van der Waals surface area contributed by atoms with Gasteiger partial charge in [0.25, 0.3) is 0 Å². The summed E-state index contributed by atoms with van der Waals surface area (Å²) in [7, 11) is 0. The van der Waals surface area contributed by atoms with Crippen molar-refractivity contribution >= 4 is 23.2 Å². The van der Waals surface area contributed by atoms with Gasteiger partial charge in [-0.3, -0.25) is 4.90 Å². The summed E-state index contributed by atoms with van der Waals surface area (Å²) in [6.45, 7) is 6.29. The van der Waals surface area contributed by atoms with Crippen LogP contribution in [0.25, 0.3) is 0 Å². The molecule has 0 radical (unpaired) electrons. The van der Waals surface area contributed by atoms with E-state index in [4.69, 9.17) is 23.2 Å². The average Bonchev–Trinajstić information content (AvgIpc) is 2.69. The van der Waals surface area contributed by atoms with Crippen LogP contribution in [-0.4, -0.2) is 44.9 Å². The van der Waals surface area contributed by atoms with Crippen LogP contribution in [0.15, 0.2) is 0 Å². The summed E-state index contributed by atoms with van der Waals surface area (Å²) in [5, 5.41) is 19.5. The molecule has 0 aliphatic rings. The zero-order valence-electron chi connectivity index (χ0n) is 19.4. The van der Waals surface area contributed by atoms with Crippen molar-refractivity contribution in [3.63, 3.8) is 0 Å². The van der Waals surface area contributed by atoms with E-state index in [1.54, 1.807) is 13.8 Å². The van der Waals surface area contributed by atoms with Gasteiger partial charge in [-0.25, -0.2) is 0 Å². The Balaban J connectivity index is 3.55. The van der Waals surface area contributed by atoms with Gasteiger partial charge in [0, 0.05) is 6.54 Å². The van der Waals surface area contributed by atoms with E-state index >= 15 is 0 Å². The van der Waals surface area contributed by atoms with Crippen LogP contribution in [0.5, 0.6) is 0 Å². The van der Waals surface area contributed by atoms with Crippen molar-refractivity contribution in [1.29, 1.82) is 0 Å². The number of aliphatic hydroxyl groups is 2. The van der Waals surface area contributed by atoms with Gasteiger partial charge < -0.3 is 10.2 Å². The number of halogens is 2. The maximum Gasteiger partial charge on any atom is 0.112 e. The highest BCUT2D eigenvalue weighted by Gasteiger charge is 2.28. The molecule has 0 fully saturated rings. The Morgan fingerprint density at radius 2 is 0.828 bits per heavy atom. The number of rotatable bonds is 21. The van der Waals surface area contributed by atoms with Gasteiger partial charge in [0.15, 0.2) is 0 Å². The SMILES string of the molecule is CCCCCCCCCCCCCCCCCCN(C(Cl)C(C)O)C(Cl)C(C)O. The molecular formula is C24H49Cl2NO2. The number of unbranched alkanes of at least 4 members (excludes halogenated alkanes) is 15. The quantitative estimate of drug-likeness (QED) is 0.108. The highest BCUT2D eigenvalue weighted by Crippen LogP contribution is 2.21. The third kappa shape index (κ3) is 16.8. The number of aliphatic hydroxyl groups excluding tert-OH is 2. The lowest BCUT2D eigenvalue weighted by Crippen LogP contribution is -2.47. The third-order valence-corrected chi connectivity index (χ3v) is 6.93. The van der Waals surface area contributed by atoms with Gasteiger partial charge in [0.05, 0.1) is 12.2 Å². The van der Waals surface area contributed by atoms with Crippen LogP contribution in [0.1, 0.15) is 124 Å². The highest BCUT2D eigenvalue weighted by molar-refractivity contribution is 6.23. The Bertz CT molecular complexity index is 329. The van der Waals surface area contributed by atoms with Crippen LogP contribution >= 0.6 is 23.2 Å². The lowest BCUT2D eigenvalue weighted by atomic mass is 10.0. The van der Waals surface area contributed by atoms with Crippen LogP contribution < -0.4 is 0 Å². The van der Waals surface area contributed by atoms with Crippen LogP contribution in [0.4, 0.5) is 0 Å². The minimum Gasteiger partial charge on any atom is -0.390 e. The first-order valence-electron chi connectivity index (χ1n) is 12.3. The van der Waals surface area contributed by atoms with Crippen molar-refractivity contribution in [2.75, 3.05) is 6.54 Å². The van der Waals surface area contributed by atoms with Gasteiger partial charge in [-0.05, 0) is 20.3 Å². The molecule has 4 unspecified atom stereocenters.